The molecule has 3 rings (SSSR count). The van der Waals surface area contributed by atoms with E-state index in [4.69, 9.17) is 5.73 Å². The SMILES string of the molecule is CC1=N[C@](CF)(c2cc(N)ccc2F)[C@@H]2CC[C@@]1(C)S2(=O)=O. The van der Waals surface area contributed by atoms with E-state index in [9.17, 15) is 17.2 Å². The van der Waals surface area contributed by atoms with Gasteiger partial charge in [-0.1, -0.05) is 0 Å². The molecule has 2 aliphatic heterocycles. The highest BCUT2D eigenvalue weighted by molar-refractivity contribution is 7.94. The maximum atomic E-state index is 14.3. The van der Waals surface area contributed by atoms with Crippen molar-refractivity contribution in [3.05, 3.63) is 29.6 Å². The predicted molar refractivity (Wildman–Crippen MR) is 81.9 cm³/mol. The van der Waals surface area contributed by atoms with E-state index < -0.39 is 37.9 Å². The number of aliphatic imine (C=N–C) groups is 1. The Morgan fingerprint density at radius 2 is 2.14 bits per heavy atom. The van der Waals surface area contributed by atoms with Crippen molar-refractivity contribution in [2.45, 2.75) is 42.2 Å². The summed E-state index contributed by atoms with van der Waals surface area (Å²) in [5.41, 5.74) is 4.46. The fraction of sp³-hybridized carbons (Fsp3) is 0.533. The van der Waals surface area contributed by atoms with Crippen LogP contribution in [0.4, 0.5) is 14.5 Å². The molecule has 4 nitrogen and oxygen atoms in total. The van der Waals surface area contributed by atoms with E-state index in [-0.39, 0.29) is 17.7 Å². The molecule has 1 aromatic rings. The predicted octanol–water partition coefficient (Wildman–Crippen LogP) is 2.38. The zero-order chi connectivity index (χ0) is 16.3. The molecule has 0 radical (unpaired) electrons. The third kappa shape index (κ3) is 1.66. The summed E-state index contributed by atoms with van der Waals surface area (Å²) >= 11 is 0. The minimum Gasteiger partial charge on any atom is -0.399 e. The van der Waals surface area contributed by atoms with E-state index >= 15 is 0 Å². The molecule has 0 unspecified atom stereocenters. The topological polar surface area (TPSA) is 72.5 Å². The van der Waals surface area contributed by atoms with Crippen LogP contribution in [0.2, 0.25) is 0 Å². The van der Waals surface area contributed by atoms with Crippen molar-refractivity contribution in [2.75, 3.05) is 12.4 Å². The number of halogens is 2. The van der Waals surface area contributed by atoms with Crippen molar-refractivity contribution < 1.29 is 17.2 Å². The first-order chi connectivity index (χ1) is 10.2. The van der Waals surface area contributed by atoms with Crippen molar-refractivity contribution in [1.29, 1.82) is 0 Å². The van der Waals surface area contributed by atoms with Crippen molar-refractivity contribution in [2.24, 2.45) is 4.99 Å². The largest absolute Gasteiger partial charge is 0.399 e. The molecule has 0 amide bonds. The van der Waals surface area contributed by atoms with Gasteiger partial charge in [-0.3, -0.25) is 4.99 Å². The summed E-state index contributed by atoms with van der Waals surface area (Å²) in [5.74, 6) is -0.686. The zero-order valence-corrected chi connectivity index (χ0v) is 13.3. The van der Waals surface area contributed by atoms with Gasteiger partial charge in [-0.05, 0) is 44.9 Å². The van der Waals surface area contributed by atoms with E-state index in [0.29, 0.717) is 12.1 Å². The molecule has 2 bridgehead atoms. The number of hydrogen-bond acceptors (Lipinski definition) is 4. The fourth-order valence-corrected chi connectivity index (χ4v) is 6.36. The number of nitrogens with zero attached hydrogens (tertiary/aromatic N) is 1. The van der Waals surface area contributed by atoms with Crippen LogP contribution in [0, 0.1) is 5.82 Å². The van der Waals surface area contributed by atoms with Gasteiger partial charge in [0, 0.05) is 17.0 Å². The second-order valence-corrected chi connectivity index (χ2v) is 8.86. The number of nitrogen functional groups attached to an aromatic ring is 1. The molecule has 1 saturated heterocycles. The molecule has 2 aliphatic rings. The molecule has 0 saturated carbocycles. The molecule has 7 heteroatoms. The summed E-state index contributed by atoms with van der Waals surface area (Å²) in [4.78, 5) is 4.36. The first-order valence-electron chi connectivity index (χ1n) is 7.11. The highest BCUT2D eigenvalue weighted by Gasteiger charge is 2.64. The molecule has 3 atom stereocenters. The van der Waals surface area contributed by atoms with Gasteiger partial charge in [0.1, 0.15) is 22.8 Å². The first kappa shape index (κ1) is 15.4. The van der Waals surface area contributed by atoms with Crippen LogP contribution in [0.15, 0.2) is 23.2 Å². The Labute approximate surface area is 128 Å². The van der Waals surface area contributed by atoms with Crippen LogP contribution < -0.4 is 5.73 Å². The molecular formula is C15H18F2N2O2S. The zero-order valence-electron chi connectivity index (χ0n) is 12.4. The molecule has 1 aromatic carbocycles. The lowest BCUT2D eigenvalue weighted by atomic mass is 9.86. The number of fused-ring (bicyclic) bond motifs is 2. The molecule has 1 fully saturated rings. The smallest absolute Gasteiger partial charge is 0.166 e. The lowest BCUT2D eigenvalue weighted by Gasteiger charge is -2.40. The van der Waals surface area contributed by atoms with Gasteiger partial charge in [0.2, 0.25) is 0 Å². The second-order valence-electron chi connectivity index (χ2n) is 6.30. The van der Waals surface area contributed by atoms with Crippen molar-refractivity contribution in [3.63, 3.8) is 0 Å². The van der Waals surface area contributed by atoms with Gasteiger partial charge < -0.3 is 5.73 Å². The summed E-state index contributed by atoms with van der Waals surface area (Å²) in [5, 5.41) is -1.06. The van der Waals surface area contributed by atoms with Crippen LogP contribution in [0.5, 0.6) is 0 Å². The Kier molecular flexibility index (Phi) is 3.15. The van der Waals surface area contributed by atoms with Gasteiger partial charge in [-0.2, -0.15) is 0 Å². The molecule has 2 N–H and O–H groups in total. The Morgan fingerprint density at radius 1 is 1.45 bits per heavy atom. The molecule has 22 heavy (non-hydrogen) atoms. The number of sulfone groups is 1. The standard InChI is InChI=1S/C15H18F2N2O2S/c1-9-14(2)6-5-13(22(14,20)21)15(8-16,19-9)11-7-10(18)3-4-12(11)17/h3-4,7,13H,5-6,8,18H2,1-2H3/t13-,14+,15+/m0/s1. The molecule has 120 valence electrons. The lowest BCUT2D eigenvalue weighted by molar-refractivity contribution is 0.289. The van der Waals surface area contributed by atoms with Crippen LogP contribution in [0.25, 0.3) is 0 Å². The minimum atomic E-state index is -3.65. The Morgan fingerprint density at radius 3 is 2.77 bits per heavy atom. The maximum Gasteiger partial charge on any atom is 0.166 e. The van der Waals surface area contributed by atoms with Crippen LogP contribution >= 0.6 is 0 Å². The molecular weight excluding hydrogens is 310 g/mol. The van der Waals surface area contributed by atoms with E-state index in [1.165, 1.54) is 12.1 Å². The Bertz CT molecular complexity index is 778. The molecule has 0 aromatic heterocycles. The van der Waals surface area contributed by atoms with E-state index in [0.717, 1.165) is 6.07 Å². The Hall–Kier alpha value is -1.50. The summed E-state index contributed by atoms with van der Waals surface area (Å²) in [6.07, 6.45) is 0.638. The molecule has 2 heterocycles. The normalized spacial score (nSPS) is 36.2. The van der Waals surface area contributed by atoms with Crippen molar-refractivity contribution >= 4 is 21.2 Å². The number of benzene rings is 1. The monoisotopic (exact) mass is 328 g/mol. The maximum absolute atomic E-state index is 14.3. The van der Waals surface area contributed by atoms with E-state index in [2.05, 4.69) is 4.99 Å². The van der Waals surface area contributed by atoms with Gasteiger partial charge in [-0.15, -0.1) is 0 Å². The highest BCUT2D eigenvalue weighted by atomic mass is 32.2. The summed E-state index contributed by atoms with van der Waals surface area (Å²) in [6, 6.07) is 3.78. The van der Waals surface area contributed by atoms with Crippen molar-refractivity contribution in [3.8, 4) is 0 Å². The average molecular weight is 328 g/mol. The number of anilines is 1. The second kappa shape index (κ2) is 4.50. The summed E-state index contributed by atoms with van der Waals surface area (Å²) < 4.78 is 53.0. The third-order valence-electron chi connectivity index (χ3n) is 5.21. The van der Waals surface area contributed by atoms with Gasteiger partial charge >= 0.3 is 0 Å². The number of hydrogen-bond donors (Lipinski definition) is 1. The van der Waals surface area contributed by atoms with Crippen LogP contribution in [0.3, 0.4) is 0 Å². The Balaban J connectivity index is 2.34. The van der Waals surface area contributed by atoms with E-state index in [1.807, 2.05) is 0 Å². The average Bonchev–Trinajstić information content (AvgIpc) is 2.63. The van der Waals surface area contributed by atoms with Gasteiger partial charge in [0.15, 0.2) is 9.84 Å². The fourth-order valence-electron chi connectivity index (χ4n) is 3.69. The number of nitrogens with two attached hydrogens (primary N) is 1. The number of rotatable bonds is 2. The number of alkyl halides is 1. The quantitative estimate of drug-likeness (QED) is 0.847. The van der Waals surface area contributed by atoms with Gasteiger partial charge in [0.25, 0.3) is 0 Å². The highest BCUT2D eigenvalue weighted by Crippen LogP contribution is 2.52. The summed E-state index contributed by atoms with van der Waals surface area (Å²) in [7, 11) is -3.65. The van der Waals surface area contributed by atoms with Gasteiger partial charge in [0.05, 0.1) is 5.25 Å². The van der Waals surface area contributed by atoms with Crippen LogP contribution in [-0.4, -0.2) is 30.8 Å². The van der Waals surface area contributed by atoms with Crippen molar-refractivity contribution in [1.82, 2.24) is 0 Å². The first-order valence-corrected chi connectivity index (χ1v) is 8.65. The van der Waals surface area contributed by atoms with Crippen LogP contribution in [-0.2, 0) is 15.4 Å². The van der Waals surface area contributed by atoms with Gasteiger partial charge in [-0.25, -0.2) is 17.2 Å². The van der Waals surface area contributed by atoms with E-state index in [1.54, 1.807) is 13.8 Å². The lowest BCUT2D eigenvalue weighted by Crippen LogP contribution is -2.54. The van der Waals surface area contributed by atoms with Crippen LogP contribution in [0.1, 0.15) is 32.3 Å². The molecule has 0 spiro atoms. The summed E-state index contributed by atoms with van der Waals surface area (Å²) in [6.45, 7) is 2.11. The minimum absolute atomic E-state index is 0.0770. The molecule has 0 aliphatic carbocycles. The third-order valence-corrected chi connectivity index (χ3v) is 8.34.